The van der Waals surface area contributed by atoms with Crippen LogP contribution in [0.25, 0.3) is 0 Å². The average molecular weight is 366 g/mol. The molecule has 2 heterocycles. The number of amides is 1. The van der Waals surface area contributed by atoms with Crippen molar-refractivity contribution in [1.29, 1.82) is 0 Å². The van der Waals surface area contributed by atoms with Crippen molar-refractivity contribution < 1.29 is 17.9 Å². The summed E-state index contributed by atoms with van der Waals surface area (Å²) in [6.07, 6.45) is 5.84. The number of carbonyl (C=O) groups excluding carboxylic acids is 1. The Kier molecular flexibility index (Phi) is 6.09. The second-order valence-electron chi connectivity index (χ2n) is 6.64. The van der Waals surface area contributed by atoms with Gasteiger partial charge in [0, 0.05) is 26.2 Å². The molecule has 1 aromatic carbocycles. The van der Waals surface area contributed by atoms with E-state index in [9.17, 15) is 13.2 Å². The lowest BCUT2D eigenvalue weighted by atomic mass is 10.1. The summed E-state index contributed by atoms with van der Waals surface area (Å²) in [7, 11) is -3.63. The zero-order chi connectivity index (χ0) is 17.7. The molecular weight excluding hydrogens is 340 g/mol. The van der Waals surface area contributed by atoms with Gasteiger partial charge in [0.05, 0.1) is 16.6 Å². The largest absolute Gasteiger partial charge is 0.378 e. The molecule has 1 amide bonds. The average Bonchev–Trinajstić information content (AvgIpc) is 3.16. The third-order valence-corrected chi connectivity index (χ3v) is 6.80. The van der Waals surface area contributed by atoms with E-state index in [4.69, 9.17) is 4.74 Å². The molecule has 0 saturated carbocycles. The predicted molar refractivity (Wildman–Crippen MR) is 95.0 cm³/mol. The molecule has 7 heteroatoms. The number of nitrogens with one attached hydrogen (secondary N) is 1. The topological polar surface area (TPSA) is 75.7 Å². The molecular formula is C18H26N2O4S. The Bertz CT molecular complexity index is 693. The molecule has 2 fully saturated rings. The quantitative estimate of drug-likeness (QED) is 0.837. The summed E-state index contributed by atoms with van der Waals surface area (Å²) >= 11 is 0. The number of hydrogen-bond acceptors (Lipinski definition) is 4. The summed E-state index contributed by atoms with van der Waals surface area (Å²) in [5.74, 6) is -0.339. The number of nitrogens with zero attached hydrogens (tertiary/aromatic N) is 1. The monoisotopic (exact) mass is 366 g/mol. The van der Waals surface area contributed by atoms with Gasteiger partial charge >= 0.3 is 0 Å². The molecule has 1 unspecified atom stereocenters. The van der Waals surface area contributed by atoms with Gasteiger partial charge in [0.25, 0.3) is 5.91 Å². The van der Waals surface area contributed by atoms with Crippen LogP contribution in [-0.4, -0.2) is 51.0 Å². The van der Waals surface area contributed by atoms with Crippen LogP contribution in [-0.2, 0) is 14.8 Å². The second-order valence-corrected chi connectivity index (χ2v) is 8.55. The van der Waals surface area contributed by atoms with Crippen LogP contribution in [0.4, 0.5) is 0 Å². The zero-order valence-electron chi connectivity index (χ0n) is 14.4. The second kappa shape index (κ2) is 8.29. The predicted octanol–water partition coefficient (Wildman–Crippen LogP) is 2.16. The first-order valence-corrected chi connectivity index (χ1v) is 10.5. The summed E-state index contributed by atoms with van der Waals surface area (Å²) in [5, 5.41) is 2.84. The number of ether oxygens (including phenoxy) is 1. The molecule has 3 rings (SSSR count). The Morgan fingerprint density at radius 2 is 1.92 bits per heavy atom. The van der Waals surface area contributed by atoms with Crippen molar-refractivity contribution in [2.45, 2.75) is 49.5 Å². The highest BCUT2D eigenvalue weighted by atomic mass is 32.2. The lowest BCUT2D eigenvalue weighted by molar-refractivity contribution is 0.0904. The molecule has 0 aromatic heterocycles. The first kappa shape index (κ1) is 18.4. The highest BCUT2D eigenvalue weighted by molar-refractivity contribution is 7.89. The first-order valence-electron chi connectivity index (χ1n) is 9.08. The molecule has 138 valence electrons. The SMILES string of the molecule is O=C(NCCC1CCCO1)c1ccccc1S(=O)(=O)N1CCCCC1. The molecule has 0 bridgehead atoms. The summed E-state index contributed by atoms with van der Waals surface area (Å²) in [6.45, 7) is 2.33. The molecule has 6 nitrogen and oxygen atoms in total. The van der Waals surface area contributed by atoms with Gasteiger partial charge in [0.15, 0.2) is 0 Å². The maximum absolute atomic E-state index is 12.9. The maximum Gasteiger partial charge on any atom is 0.252 e. The third-order valence-electron chi connectivity index (χ3n) is 4.84. The van der Waals surface area contributed by atoms with E-state index < -0.39 is 10.0 Å². The minimum atomic E-state index is -3.63. The van der Waals surface area contributed by atoms with E-state index in [0.29, 0.717) is 19.6 Å². The number of hydrogen-bond donors (Lipinski definition) is 1. The zero-order valence-corrected chi connectivity index (χ0v) is 15.3. The van der Waals surface area contributed by atoms with Gasteiger partial charge in [-0.1, -0.05) is 18.6 Å². The van der Waals surface area contributed by atoms with Crippen LogP contribution in [0.3, 0.4) is 0 Å². The van der Waals surface area contributed by atoms with E-state index >= 15 is 0 Å². The minimum absolute atomic E-state index is 0.103. The van der Waals surface area contributed by atoms with Crippen molar-refractivity contribution >= 4 is 15.9 Å². The van der Waals surface area contributed by atoms with E-state index in [0.717, 1.165) is 45.1 Å². The summed E-state index contributed by atoms with van der Waals surface area (Å²) in [5.41, 5.74) is 0.223. The fraction of sp³-hybridized carbons (Fsp3) is 0.611. The molecule has 25 heavy (non-hydrogen) atoms. The van der Waals surface area contributed by atoms with Gasteiger partial charge in [0.2, 0.25) is 10.0 Å². The van der Waals surface area contributed by atoms with E-state index in [1.807, 2.05) is 0 Å². The Labute approximate surface area is 149 Å². The Balaban J connectivity index is 1.70. The Morgan fingerprint density at radius 3 is 2.64 bits per heavy atom. The van der Waals surface area contributed by atoms with E-state index in [1.165, 1.54) is 10.4 Å². The van der Waals surface area contributed by atoms with Crippen molar-refractivity contribution in [1.82, 2.24) is 9.62 Å². The van der Waals surface area contributed by atoms with Gasteiger partial charge < -0.3 is 10.1 Å². The van der Waals surface area contributed by atoms with Gasteiger partial charge in [-0.15, -0.1) is 0 Å². The van der Waals surface area contributed by atoms with Crippen molar-refractivity contribution in [3.8, 4) is 0 Å². The highest BCUT2D eigenvalue weighted by Gasteiger charge is 2.29. The van der Waals surface area contributed by atoms with E-state index in [2.05, 4.69) is 5.32 Å². The van der Waals surface area contributed by atoms with Crippen LogP contribution in [0, 0.1) is 0 Å². The van der Waals surface area contributed by atoms with Gasteiger partial charge in [-0.25, -0.2) is 8.42 Å². The minimum Gasteiger partial charge on any atom is -0.378 e. The number of rotatable bonds is 6. The van der Waals surface area contributed by atoms with Crippen LogP contribution in [0.5, 0.6) is 0 Å². The summed E-state index contributed by atoms with van der Waals surface area (Å²) in [4.78, 5) is 12.6. The number of carbonyl (C=O) groups is 1. The van der Waals surface area contributed by atoms with Crippen molar-refractivity contribution in [2.75, 3.05) is 26.2 Å². The fourth-order valence-corrected chi connectivity index (χ4v) is 5.14. The first-order chi connectivity index (χ1) is 12.1. The number of piperidine rings is 1. The molecule has 2 aliphatic heterocycles. The fourth-order valence-electron chi connectivity index (χ4n) is 3.44. The normalized spacial score (nSPS) is 22.0. The maximum atomic E-state index is 12.9. The Hall–Kier alpha value is -1.44. The van der Waals surface area contributed by atoms with Gasteiger partial charge in [-0.3, -0.25) is 4.79 Å². The molecule has 2 aliphatic rings. The summed E-state index contributed by atoms with van der Waals surface area (Å²) in [6, 6.07) is 6.47. The lowest BCUT2D eigenvalue weighted by Gasteiger charge is -2.26. The smallest absolute Gasteiger partial charge is 0.252 e. The lowest BCUT2D eigenvalue weighted by Crippen LogP contribution is -2.37. The van der Waals surface area contributed by atoms with E-state index in [-0.39, 0.29) is 22.5 Å². The van der Waals surface area contributed by atoms with Crippen LogP contribution >= 0.6 is 0 Å². The van der Waals surface area contributed by atoms with Crippen molar-refractivity contribution in [2.24, 2.45) is 0 Å². The Morgan fingerprint density at radius 1 is 1.16 bits per heavy atom. The summed E-state index contributed by atoms with van der Waals surface area (Å²) < 4.78 is 32.9. The molecule has 2 saturated heterocycles. The number of benzene rings is 1. The third kappa shape index (κ3) is 4.40. The van der Waals surface area contributed by atoms with Crippen LogP contribution in [0.15, 0.2) is 29.2 Å². The van der Waals surface area contributed by atoms with Crippen LogP contribution in [0.2, 0.25) is 0 Å². The number of sulfonamides is 1. The molecule has 1 N–H and O–H groups in total. The molecule has 1 atom stereocenters. The molecule has 0 aliphatic carbocycles. The van der Waals surface area contributed by atoms with Crippen LogP contribution in [0.1, 0.15) is 48.9 Å². The van der Waals surface area contributed by atoms with Crippen molar-refractivity contribution in [3.05, 3.63) is 29.8 Å². The van der Waals surface area contributed by atoms with Crippen molar-refractivity contribution in [3.63, 3.8) is 0 Å². The molecule has 1 aromatic rings. The van der Waals surface area contributed by atoms with Gasteiger partial charge in [-0.05, 0) is 44.2 Å². The molecule has 0 radical (unpaired) electrons. The van der Waals surface area contributed by atoms with Crippen LogP contribution < -0.4 is 5.32 Å². The van der Waals surface area contributed by atoms with Gasteiger partial charge in [0.1, 0.15) is 0 Å². The van der Waals surface area contributed by atoms with Gasteiger partial charge in [-0.2, -0.15) is 4.31 Å². The standard InChI is InChI=1S/C18H26N2O4S/c21-18(19-11-10-15-7-6-14-24-15)16-8-2-3-9-17(16)25(22,23)20-12-4-1-5-13-20/h2-3,8-9,15H,1,4-7,10-14H2,(H,19,21). The highest BCUT2D eigenvalue weighted by Crippen LogP contribution is 2.23. The van der Waals surface area contributed by atoms with E-state index in [1.54, 1.807) is 18.2 Å². The molecule has 0 spiro atoms.